The summed E-state index contributed by atoms with van der Waals surface area (Å²) >= 11 is 1.61. The molecule has 0 saturated heterocycles. The highest BCUT2D eigenvalue weighted by molar-refractivity contribution is 7.97. The molecular formula is C20H20FN3O3S. The van der Waals surface area contributed by atoms with Gasteiger partial charge in [0.05, 0.1) is 16.8 Å². The van der Waals surface area contributed by atoms with Gasteiger partial charge in [0.1, 0.15) is 18.2 Å². The molecule has 0 radical (unpaired) electrons. The number of para-hydroxylation sites is 2. The van der Waals surface area contributed by atoms with Gasteiger partial charge in [0.25, 0.3) is 5.91 Å². The van der Waals surface area contributed by atoms with Crippen LogP contribution in [0.25, 0.3) is 11.0 Å². The summed E-state index contributed by atoms with van der Waals surface area (Å²) in [5.74, 6) is 0.00921. The Balaban J connectivity index is 1.66. The Morgan fingerprint density at radius 3 is 2.64 bits per heavy atom. The van der Waals surface area contributed by atoms with E-state index in [9.17, 15) is 14.0 Å². The lowest BCUT2D eigenvalue weighted by atomic mass is 10.3. The van der Waals surface area contributed by atoms with Crippen molar-refractivity contribution < 1.29 is 18.7 Å². The number of amides is 1. The standard InChI is InChI=1S/C20H20FN3O3S/c1-13(20(26)22-15-9-7-14(21)8-10-15)27-19(25)11-24-17-6-4-3-5-16(17)23-18(24)12-28-2/h3-10,13H,11-12H2,1-2H3,(H,22,26)/t13-/m1/s1. The number of carbonyl (C=O) groups excluding carboxylic acids is 2. The van der Waals surface area contributed by atoms with Crippen molar-refractivity contribution >= 4 is 40.4 Å². The van der Waals surface area contributed by atoms with Crippen LogP contribution >= 0.6 is 11.8 Å². The van der Waals surface area contributed by atoms with Gasteiger partial charge in [-0.25, -0.2) is 9.37 Å². The van der Waals surface area contributed by atoms with E-state index in [0.29, 0.717) is 11.4 Å². The number of thioether (sulfide) groups is 1. The summed E-state index contributed by atoms with van der Waals surface area (Å²) in [6, 6.07) is 12.9. The molecule has 28 heavy (non-hydrogen) atoms. The molecule has 2 aromatic carbocycles. The normalized spacial score (nSPS) is 12.0. The minimum Gasteiger partial charge on any atom is -0.451 e. The van der Waals surface area contributed by atoms with Crippen LogP contribution in [0.1, 0.15) is 12.7 Å². The van der Waals surface area contributed by atoms with Crippen molar-refractivity contribution in [3.8, 4) is 0 Å². The zero-order valence-corrected chi connectivity index (χ0v) is 16.3. The number of ether oxygens (including phenoxy) is 1. The SMILES string of the molecule is CSCc1nc2ccccc2n1CC(=O)O[C@H](C)C(=O)Nc1ccc(F)cc1. The Morgan fingerprint density at radius 2 is 1.93 bits per heavy atom. The number of fused-ring (bicyclic) bond motifs is 1. The largest absolute Gasteiger partial charge is 0.451 e. The Kier molecular flexibility index (Phi) is 6.30. The zero-order valence-electron chi connectivity index (χ0n) is 15.5. The van der Waals surface area contributed by atoms with Crippen molar-refractivity contribution in [2.45, 2.75) is 25.3 Å². The molecule has 3 rings (SSSR count). The van der Waals surface area contributed by atoms with Gasteiger partial charge in [-0.1, -0.05) is 12.1 Å². The smallest absolute Gasteiger partial charge is 0.326 e. The monoisotopic (exact) mass is 401 g/mol. The maximum Gasteiger partial charge on any atom is 0.326 e. The number of anilines is 1. The minimum atomic E-state index is -0.990. The second-order valence-electron chi connectivity index (χ2n) is 6.16. The van der Waals surface area contributed by atoms with Crippen molar-refractivity contribution in [2.75, 3.05) is 11.6 Å². The first-order valence-corrected chi connectivity index (χ1v) is 10.1. The summed E-state index contributed by atoms with van der Waals surface area (Å²) < 4.78 is 20.0. The van der Waals surface area contributed by atoms with Gasteiger partial charge in [0.2, 0.25) is 0 Å². The fourth-order valence-corrected chi connectivity index (χ4v) is 3.21. The highest BCUT2D eigenvalue weighted by Crippen LogP contribution is 2.19. The molecular weight excluding hydrogens is 381 g/mol. The topological polar surface area (TPSA) is 73.2 Å². The van der Waals surface area contributed by atoms with Gasteiger partial charge in [-0.15, -0.1) is 0 Å². The van der Waals surface area contributed by atoms with Crippen LogP contribution in [0.4, 0.5) is 10.1 Å². The number of esters is 1. The first-order valence-electron chi connectivity index (χ1n) is 8.67. The van der Waals surface area contributed by atoms with Crippen LogP contribution in [-0.2, 0) is 26.6 Å². The first-order chi connectivity index (χ1) is 13.5. The van der Waals surface area contributed by atoms with Gasteiger partial charge in [-0.05, 0) is 49.6 Å². The number of rotatable bonds is 7. The van der Waals surface area contributed by atoms with Crippen LogP contribution in [0.3, 0.4) is 0 Å². The van der Waals surface area contributed by atoms with E-state index in [4.69, 9.17) is 4.74 Å². The lowest BCUT2D eigenvalue weighted by Gasteiger charge is -2.15. The first kappa shape index (κ1) is 19.9. The predicted octanol–water partition coefficient (Wildman–Crippen LogP) is 3.61. The molecule has 1 heterocycles. The summed E-state index contributed by atoms with van der Waals surface area (Å²) in [4.78, 5) is 29.2. The molecule has 1 N–H and O–H groups in total. The number of hydrogen-bond acceptors (Lipinski definition) is 5. The molecule has 3 aromatic rings. The van der Waals surface area contributed by atoms with Crippen LogP contribution in [-0.4, -0.2) is 33.8 Å². The summed E-state index contributed by atoms with van der Waals surface area (Å²) in [6.07, 6.45) is 0.973. The number of aromatic nitrogens is 2. The van der Waals surface area contributed by atoms with Crippen LogP contribution in [0.15, 0.2) is 48.5 Å². The molecule has 8 heteroatoms. The number of carbonyl (C=O) groups is 2. The lowest BCUT2D eigenvalue weighted by molar-refractivity contribution is -0.153. The van der Waals surface area contributed by atoms with E-state index >= 15 is 0 Å². The molecule has 0 saturated carbocycles. The molecule has 0 aliphatic heterocycles. The summed E-state index contributed by atoms with van der Waals surface area (Å²) in [7, 11) is 0. The van der Waals surface area contributed by atoms with Crippen LogP contribution in [0.2, 0.25) is 0 Å². The Morgan fingerprint density at radius 1 is 1.21 bits per heavy atom. The van der Waals surface area contributed by atoms with Gasteiger partial charge in [0, 0.05) is 5.69 Å². The maximum absolute atomic E-state index is 12.9. The van der Waals surface area contributed by atoms with Crippen molar-refractivity contribution in [3.05, 3.63) is 60.2 Å². The lowest BCUT2D eigenvalue weighted by Crippen LogP contribution is -2.31. The van der Waals surface area contributed by atoms with E-state index in [1.54, 1.807) is 16.3 Å². The second-order valence-corrected chi connectivity index (χ2v) is 7.03. The van der Waals surface area contributed by atoms with E-state index in [0.717, 1.165) is 16.9 Å². The maximum atomic E-state index is 12.9. The molecule has 0 unspecified atom stereocenters. The number of hydrogen-bond donors (Lipinski definition) is 1. The van der Waals surface area contributed by atoms with Crippen molar-refractivity contribution in [1.29, 1.82) is 0 Å². The van der Waals surface area contributed by atoms with E-state index in [1.165, 1.54) is 31.2 Å². The third-order valence-electron chi connectivity index (χ3n) is 4.08. The van der Waals surface area contributed by atoms with Gasteiger partial charge >= 0.3 is 5.97 Å². The number of halogens is 1. The number of benzene rings is 2. The Hall–Kier alpha value is -2.87. The number of imidazole rings is 1. The summed E-state index contributed by atoms with van der Waals surface area (Å²) in [5.41, 5.74) is 2.07. The average Bonchev–Trinajstić information content (AvgIpc) is 3.01. The van der Waals surface area contributed by atoms with Gasteiger partial charge in [0.15, 0.2) is 6.10 Å². The van der Waals surface area contributed by atoms with Crippen LogP contribution in [0.5, 0.6) is 0 Å². The summed E-state index contributed by atoms with van der Waals surface area (Å²) in [5, 5.41) is 2.59. The molecule has 0 fully saturated rings. The fraction of sp³-hybridized carbons (Fsp3) is 0.250. The quantitative estimate of drug-likeness (QED) is 0.613. The van der Waals surface area contributed by atoms with E-state index in [2.05, 4.69) is 10.3 Å². The molecule has 0 aliphatic rings. The number of nitrogens with one attached hydrogen (secondary N) is 1. The van der Waals surface area contributed by atoms with Gasteiger partial charge < -0.3 is 14.6 Å². The van der Waals surface area contributed by atoms with E-state index in [1.807, 2.05) is 30.5 Å². The summed E-state index contributed by atoms with van der Waals surface area (Å²) in [6.45, 7) is 1.45. The molecule has 0 spiro atoms. The average molecular weight is 401 g/mol. The molecule has 146 valence electrons. The molecule has 0 aliphatic carbocycles. The van der Waals surface area contributed by atoms with Gasteiger partial charge in [-0.3, -0.25) is 9.59 Å². The molecule has 1 atom stereocenters. The highest BCUT2D eigenvalue weighted by Gasteiger charge is 2.20. The fourth-order valence-electron chi connectivity index (χ4n) is 2.74. The third kappa shape index (κ3) is 4.69. The highest BCUT2D eigenvalue weighted by atomic mass is 32.2. The molecule has 1 amide bonds. The number of nitrogens with zero attached hydrogens (tertiary/aromatic N) is 2. The van der Waals surface area contributed by atoms with Crippen LogP contribution in [0, 0.1) is 5.82 Å². The molecule has 0 bridgehead atoms. The Bertz CT molecular complexity index is 988. The van der Waals surface area contributed by atoms with E-state index < -0.39 is 23.8 Å². The molecule has 1 aromatic heterocycles. The van der Waals surface area contributed by atoms with Crippen molar-refractivity contribution in [3.63, 3.8) is 0 Å². The minimum absolute atomic E-state index is 0.0371. The second kappa shape index (κ2) is 8.88. The third-order valence-corrected chi connectivity index (χ3v) is 4.63. The predicted molar refractivity (Wildman–Crippen MR) is 108 cm³/mol. The van der Waals surface area contributed by atoms with Gasteiger partial charge in [-0.2, -0.15) is 11.8 Å². The molecule has 6 nitrogen and oxygen atoms in total. The van der Waals surface area contributed by atoms with Crippen molar-refractivity contribution in [2.24, 2.45) is 0 Å². The Labute approximate surface area is 166 Å². The van der Waals surface area contributed by atoms with Crippen molar-refractivity contribution in [1.82, 2.24) is 9.55 Å². The van der Waals surface area contributed by atoms with E-state index in [-0.39, 0.29) is 6.54 Å². The van der Waals surface area contributed by atoms with Crippen LogP contribution < -0.4 is 5.32 Å². The zero-order chi connectivity index (χ0) is 20.1.